The molecule has 0 aliphatic rings. The minimum absolute atomic E-state index is 0.0701. The summed E-state index contributed by atoms with van der Waals surface area (Å²) in [5.41, 5.74) is 2.55. The lowest BCUT2D eigenvalue weighted by Crippen LogP contribution is -2.15. The third-order valence-corrected chi connectivity index (χ3v) is 5.00. The number of carbonyl (C=O) groups excluding carboxylic acids is 2. The molecule has 2 amide bonds. The van der Waals surface area contributed by atoms with Crippen molar-refractivity contribution in [1.29, 1.82) is 0 Å². The van der Waals surface area contributed by atoms with E-state index in [2.05, 4.69) is 20.8 Å². The van der Waals surface area contributed by atoms with Gasteiger partial charge < -0.3 is 14.6 Å². The summed E-state index contributed by atoms with van der Waals surface area (Å²) in [5, 5.41) is 23.7. The summed E-state index contributed by atoms with van der Waals surface area (Å²) in [6.07, 6.45) is 0. The van der Waals surface area contributed by atoms with E-state index in [0.29, 0.717) is 16.8 Å². The fourth-order valence-corrected chi connectivity index (χ4v) is 3.14. The Labute approximate surface area is 199 Å². The van der Waals surface area contributed by atoms with Crippen LogP contribution in [0.3, 0.4) is 0 Å². The van der Waals surface area contributed by atoms with E-state index in [9.17, 15) is 19.7 Å². The number of carbonyl (C=O) groups is 2. The van der Waals surface area contributed by atoms with Crippen LogP contribution in [0.1, 0.15) is 20.7 Å². The summed E-state index contributed by atoms with van der Waals surface area (Å²) >= 11 is 0. The number of aromatic nitrogens is 2. The average molecular weight is 472 g/mol. The van der Waals surface area contributed by atoms with Gasteiger partial charge in [0.15, 0.2) is 0 Å². The van der Waals surface area contributed by atoms with Crippen LogP contribution in [-0.4, -0.2) is 41.0 Å². The second-order valence-electron chi connectivity index (χ2n) is 7.65. The Kier molecular flexibility index (Phi) is 6.49. The molecular formula is C24H20N6O5. The highest BCUT2D eigenvalue weighted by atomic mass is 16.6. The van der Waals surface area contributed by atoms with E-state index in [1.807, 2.05) is 31.1 Å². The highest BCUT2D eigenvalue weighted by molar-refractivity contribution is 6.07. The van der Waals surface area contributed by atoms with E-state index in [0.717, 1.165) is 5.69 Å². The lowest BCUT2D eigenvalue weighted by molar-refractivity contribution is -0.384. The van der Waals surface area contributed by atoms with Crippen molar-refractivity contribution in [2.24, 2.45) is 0 Å². The van der Waals surface area contributed by atoms with Gasteiger partial charge in [0.25, 0.3) is 17.5 Å². The molecule has 35 heavy (non-hydrogen) atoms. The van der Waals surface area contributed by atoms with E-state index >= 15 is 0 Å². The fourth-order valence-electron chi connectivity index (χ4n) is 3.14. The molecule has 176 valence electrons. The monoisotopic (exact) mass is 472 g/mol. The van der Waals surface area contributed by atoms with E-state index in [4.69, 9.17) is 4.42 Å². The van der Waals surface area contributed by atoms with Crippen molar-refractivity contribution in [2.75, 3.05) is 29.6 Å². The van der Waals surface area contributed by atoms with Gasteiger partial charge >= 0.3 is 6.01 Å². The maximum Gasteiger partial charge on any atom is 0.322 e. The lowest BCUT2D eigenvalue weighted by atomic mass is 10.1. The maximum absolute atomic E-state index is 12.7. The van der Waals surface area contributed by atoms with Crippen molar-refractivity contribution in [2.45, 2.75) is 0 Å². The largest absolute Gasteiger partial charge is 0.403 e. The van der Waals surface area contributed by atoms with E-state index in [1.54, 1.807) is 30.3 Å². The normalized spacial score (nSPS) is 10.5. The first-order valence-corrected chi connectivity index (χ1v) is 10.4. The van der Waals surface area contributed by atoms with Gasteiger partial charge in [-0.15, -0.1) is 5.10 Å². The van der Waals surface area contributed by atoms with Gasteiger partial charge in [-0.2, -0.15) is 0 Å². The highest BCUT2D eigenvalue weighted by Crippen LogP contribution is 2.23. The van der Waals surface area contributed by atoms with Crippen molar-refractivity contribution >= 4 is 34.9 Å². The number of rotatable bonds is 7. The quantitative estimate of drug-likeness (QED) is 0.301. The van der Waals surface area contributed by atoms with E-state index < -0.39 is 10.8 Å². The summed E-state index contributed by atoms with van der Waals surface area (Å²) in [5.74, 6) is -0.732. The van der Waals surface area contributed by atoms with Gasteiger partial charge in [-0.25, -0.2) is 0 Å². The zero-order valence-electron chi connectivity index (χ0n) is 18.8. The molecule has 0 spiro atoms. The minimum atomic E-state index is -0.518. The molecule has 0 radical (unpaired) electrons. The molecule has 0 unspecified atom stereocenters. The summed E-state index contributed by atoms with van der Waals surface area (Å²) in [6.45, 7) is 0. The standard InChI is InChI=1S/C24H20N6O5/c1-29(2)19-10-6-15(7-11-19)21(31)25-18-5-3-4-17(14-18)22(32)26-24-28-27-23(35-24)16-8-12-20(13-9-16)30(33)34/h3-14H,1-2H3,(H,25,31)(H,26,28,32). The molecular weight excluding hydrogens is 452 g/mol. The van der Waals surface area contributed by atoms with Crippen LogP contribution in [0, 0.1) is 10.1 Å². The average Bonchev–Trinajstić information content (AvgIpc) is 3.32. The number of hydrogen-bond acceptors (Lipinski definition) is 8. The van der Waals surface area contributed by atoms with Gasteiger partial charge in [0.1, 0.15) is 0 Å². The summed E-state index contributed by atoms with van der Waals surface area (Å²) in [4.78, 5) is 37.4. The summed E-state index contributed by atoms with van der Waals surface area (Å²) in [6, 6.07) is 19.0. The minimum Gasteiger partial charge on any atom is -0.403 e. The molecule has 4 aromatic rings. The lowest BCUT2D eigenvalue weighted by Gasteiger charge is -2.12. The molecule has 1 heterocycles. The number of non-ortho nitro benzene ring substituents is 1. The Morgan fingerprint density at radius 2 is 1.57 bits per heavy atom. The van der Waals surface area contributed by atoms with Gasteiger partial charge in [-0.1, -0.05) is 11.2 Å². The summed E-state index contributed by atoms with van der Waals surface area (Å²) < 4.78 is 5.44. The van der Waals surface area contributed by atoms with Gasteiger partial charge in [0.05, 0.1) is 4.92 Å². The first-order valence-electron chi connectivity index (χ1n) is 10.4. The van der Waals surface area contributed by atoms with Gasteiger partial charge in [0, 0.05) is 54.3 Å². The van der Waals surface area contributed by atoms with Crippen molar-refractivity contribution in [3.63, 3.8) is 0 Å². The molecule has 0 fully saturated rings. The number of nitrogens with zero attached hydrogens (tertiary/aromatic N) is 4. The fraction of sp³-hybridized carbons (Fsp3) is 0.0833. The molecule has 1 aromatic heterocycles. The Balaban J connectivity index is 1.42. The molecule has 0 saturated carbocycles. The molecule has 0 aliphatic carbocycles. The topological polar surface area (TPSA) is 144 Å². The molecule has 0 atom stereocenters. The highest BCUT2D eigenvalue weighted by Gasteiger charge is 2.15. The predicted octanol–water partition coefficient (Wildman–Crippen LogP) is 4.22. The molecule has 11 heteroatoms. The molecule has 3 aromatic carbocycles. The number of benzene rings is 3. The van der Waals surface area contributed by atoms with Crippen molar-refractivity contribution in [1.82, 2.24) is 10.2 Å². The van der Waals surface area contributed by atoms with Crippen molar-refractivity contribution in [3.05, 3.63) is 94.0 Å². The molecule has 4 rings (SSSR count). The molecule has 11 nitrogen and oxygen atoms in total. The second-order valence-corrected chi connectivity index (χ2v) is 7.65. The van der Waals surface area contributed by atoms with Gasteiger partial charge in [-0.3, -0.25) is 25.0 Å². The van der Waals surface area contributed by atoms with Crippen LogP contribution in [0.15, 0.2) is 77.2 Å². The predicted molar refractivity (Wildman–Crippen MR) is 130 cm³/mol. The Bertz CT molecular complexity index is 1380. The SMILES string of the molecule is CN(C)c1ccc(C(=O)Nc2cccc(C(=O)Nc3nnc(-c4ccc([N+](=O)[O-])cc4)o3)c2)cc1. The second kappa shape index (κ2) is 9.83. The van der Waals surface area contributed by atoms with Gasteiger partial charge in [-0.05, 0) is 54.6 Å². The van der Waals surface area contributed by atoms with E-state index in [1.165, 1.54) is 30.3 Å². The molecule has 0 bridgehead atoms. The third-order valence-electron chi connectivity index (χ3n) is 5.00. The van der Waals surface area contributed by atoms with Crippen LogP contribution in [-0.2, 0) is 0 Å². The van der Waals surface area contributed by atoms with Crippen LogP contribution in [0.25, 0.3) is 11.5 Å². The number of nitro groups is 1. The zero-order chi connectivity index (χ0) is 24.9. The van der Waals surface area contributed by atoms with E-state index in [-0.39, 0.29) is 29.1 Å². The first kappa shape index (κ1) is 23.1. The Morgan fingerprint density at radius 1 is 0.886 bits per heavy atom. The summed E-state index contributed by atoms with van der Waals surface area (Å²) in [7, 11) is 3.83. The van der Waals surface area contributed by atoms with Gasteiger partial charge in [0.2, 0.25) is 5.89 Å². The Hall–Kier alpha value is -5.06. The number of hydrogen-bond donors (Lipinski definition) is 2. The maximum atomic E-state index is 12.7. The third kappa shape index (κ3) is 5.47. The number of nitrogens with one attached hydrogen (secondary N) is 2. The van der Waals surface area contributed by atoms with Crippen LogP contribution in [0.2, 0.25) is 0 Å². The van der Waals surface area contributed by atoms with Crippen molar-refractivity contribution in [3.8, 4) is 11.5 Å². The molecule has 0 aliphatic heterocycles. The first-order chi connectivity index (χ1) is 16.8. The number of anilines is 3. The smallest absolute Gasteiger partial charge is 0.322 e. The van der Waals surface area contributed by atoms with Crippen LogP contribution >= 0.6 is 0 Å². The number of amides is 2. The van der Waals surface area contributed by atoms with Crippen LogP contribution in [0.5, 0.6) is 0 Å². The molecule has 2 N–H and O–H groups in total. The molecule has 0 saturated heterocycles. The Morgan fingerprint density at radius 3 is 2.23 bits per heavy atom. The number of nitro benzene ring substituents is 1. The van der Waals surface area contributed by atoms with Crippen LogP contribution < -0.4 is 15.5 Å². The zero-order valence-corrected chi connectivity index (χ0v) is 18.8. The van der Waals surface area contributed by atoms with Crippen LogP contribution in [0.4, 0.5) is 23.1 Å². The van der Waals surface area contributed by atoms with Crippen molar-refractivity contribution < 1.29 is 18.9 Å².